The number of amides is 2. The van der Waals surface area contributed by atoms with E-state index in [0.717, 1.165) is 22.9 Å². The van der Waals surface area contributed by atoms with E-state index in [2.05, 4.69) is 31.8 Å². The molecule has 0 saturated heterocycles. The summed E-state index contributed by atoms with van der Waals surface area (Å²) in [5.74, 6) is -0.384. The highest BCUT2D eigenvalue weighted by Crippen LogP contribution is 2.28. The van der Waals surface area contributed by atoms with E-state index in [1.807, 2.05) is 31.2 Å². The molecule has 29 heavy (non-hydrogen) atoms. The molecule has 0 unspecified atom stereocenters. The van der Waals surface area contributed by atoms with E-state index in [0.29, 0.717) is 30.2 Å². The molecule has 0 fully saturated rings. The van der Waals surface area contributed by atoms with Crippen molar-refractivity contribution in [3.05, 3.63) is 58.1 Å². The standard InChI is InChI=1S/C21H24BrN3O4/c1-3-4-11-23-20(26)21(27)25-24-13-16-7-10-18(19(12-16)28-2)29-14-15-5-8-17(22)9-6-15/h5-10,12-13H,3-4,11,14H2,1-2H3,(H,23,26)(H,25,27)/b24-13-. The summed E-state index contributed by atoms with van der Waals surface area (Å²) in [6, 6.07) is 13.1. The summed E-state index contributed by atoms with van der Waals surface area (Å²) >= 11 is 3.40. The summed E-state index contributed by atoms with van der Waals surface area (Å²) in [5.41, 5.74) is 3.92. The van der Waals surface area contributed by atoms with E-state index in [9.17, 15) is 9.59 Å². The summed E-state index contributed by atoms with van der Waals surface area (Å²) in [5, 5.41) is 6.34. The van der Waals surface area contributed by atoms with Crippen molar-refractivity contribution in [3.63, 3.8) is 0 Å². The quantitative estimate of drug-likeness (QED) is 0.259. The molecule has 0 aromatic heterocycles. The van der Waals surface area contributed by atoms with E-state index in [-0.39, 0.29) is 0 Å². The average Bonchev–Trinajstić information content (AvgIpc) is 2.73. The van der Waals surface area contributed by atoms with Gasteiger partial charge in [0.2, 0.25) is 0 Å². The lowest BCUT2D eigenvalue weighted by atomic mass is 10.2. The minimum Gasteiger partial charge on any atom is -0.493 e. The third kappa shape index (κ3) is 7.57. The number of ether oxygens (including phenoxy) is 2. The molecule has 8 heteroatoms. The van der Waals surface area contributed by atoms with Crippen LogP contribution in [0, 0.1) is 0 Å². The molecule has 0 atom stereocenters. The molecule has 0 saturated carbocycles. The SMILES string of the molecule is CCCCNC(=O)C(=O)N/N=C\c1ccc(OCc2ccc(Br)cc2)c(OC)c1. The number of carbonyl (C=O) groups excluding carboxylic acids is 2. The lowest BCUT2D eigenvalue weighted by molar-refractivity contribution is -0.139. The predicted molar refractivity (Wildman–Crippen MR) is 115 cm³/mol. The van der Waals surface area contributed by atoms with Gasteiger partial charge in [0.15, 0.2) is 11.5 Å². The number of nitrogens with one attached hydrogen (secondary N) is 2. The molecule has 154 valence electrons. The van der Waals surface area contributed by atoms with Gasteiger partial charge in [0, 0.05) is 11.0 Å². The number of nitrogens with zero attached hydrogens (tertiary/aromatic N) is 1. The molecule has 0 bridgehead atoms. The van der Waals surface area contributed by atoms with Crippen LogP contribution in [0.2, 0.25) is 0 Å². The molecule has 0 spiro atoms. The van der Waals surface area contributed by atoms with Crippen LogP contribution >= 0.6 is 15.9 Å². The van der Waals surface area contributed by atoms with Gasteiger partial charge in [0.1, 0.15) is 6.61 Å². The lowest BCUT2D eigenvalue weighted by Crippen LogP contribution is -2.38. The number of benzene rings is 2. The van der Waals surface area contributed by atoms with Gasteiger partial charge in [-0.1, -0.05) is 41.4 Å². The monoisotopic (exact) mass is 461 g/mol. The summed E-state index contributed by atoms with van der Waals surface area (Å²) in [6.45, 7) is 2.87. The van der Waals surface area contributed by atoms with Crippen molar-refractivity contribution in [1.82, 2.24) is 10.7 Å². The second kappa shape index (κ2) is 11.9. The van der Waals surface area contributed by atoms with E-state index in [1.165, 1.54) is 6.21 Å². The number of carbonyl (C=O) groups is 2. The zero-order valence-electron chi connectivity index (χ0n) is 16.4. The van der Waals surface area contributed by atoms with Gasteiger partial charge in [0.05, 0.1) is 13.3 Å². The number of hydrogen-bond acceptors (Lipinski definition) is 5. The first-order valence-corrected chi connectivity index (χ1v) is 9.99. The van der Waals surface area contributed by atoms with Crippen molar-refractivity contribution in [2.24, 2.45) is 5.10 Å². The van der Waals surface area contributed by atoms with Crippen molar-refractivity contribution in [1.29, 1.82) is 0 Å². The van der Waals surface area contributed by atoms with Crippen molar-refractivity contribution in [3.8, 4) is 11.5 Å². The number of rotatable bonds is 9. The van der Waals surface area contributed by atoms with Crippen LogP contribution in [0.25, 0.3) is 0 Å². The number of methoxy groups -OCH3 is 1. The Bertz CT molecular complexity index is 854. The van der Waals surface area contributed by atoms with Crippen LogP contribution in [0.4, 0.5) is 0 Å². The maximum atomic E-state index is 11.7. The van der Waals surface area contributed by atoms with Crippen molar-refractivity contribution in [2.45, 2.75) is 26.4 Å². The molecule has 0 heterocycles. The van der Waals surface area contributed by atoms with Gasteiger partial charge < -0.3 is 14.8 Å². The van der Waals surface area contributed by atoms with Crippen LogP contribution in [0.5, 0.6) is 11.5 Å². The van der Waals surface area contributed by atoms with E-state index in [1.54, 1.807) is 25.3 Å². The highest BCUT2D eigenvalue weighted by Gasteiger charge is 2.11. The number of hydrazone groups is 1. The topological polar surface area (TPSA) is 89.0 Å². The highest BCUT2D eigenvalue weighted by molar-refractivity contribution is 9.10. The molecule has 0 aliphatic carbocycles. The van der Waals surface area contributed by atoms with Crippen LogP contribution in [0.15, 0.2) is 52.0 Å². The Morgan fingerprint density at radius 2 is 1.86 bits per heavy atom. The molecule has 2 N–H and O–H groups in total. The number of halogens is 1. The first-order valence-electron chi connectivity index (χ1n) is 9.20. The summed E-state index contributed by atoms with van der Waals surface area (Å²) < 4.78 is 12.2. The number of unbranched alkanes of at least 4 members (excludes halogenated alkanes) is 1. The Balaban J connectivity index is 1.91. The van der Waals surface area contributed by atoms with Crippen molar-refractivity contribution < 1.29 is 19.1 Å². The largest absolute Gasteiger partial charge is 0.493 e. The van der Waals surface area contributed by atoms with Crippen LogP contribution in [-0.2, 0) is 16.2 Å². The van der Waals surface area contributed by atoms with Gasteiger partial charge in [-0.2, -0.15) is 5.10 Å². The third-order valence-electron chi connectivity index (χ3n) is 3.90. The Labute approximate surface area is 178 Å². The third-order valence-corrected chi connectivity index (χ3v) is 4.43. The fourth-order valence-electron chi connectivity index (χ4n) is 2.30. The van der Waals surface area contributed by atoms with E-state index in [4.69, 9.17) is 9.47 Å². The van der Waals surface area contributed by atoms with Crippen molar-refractivity contribution >= 4 is 34.0 Å². The minimum absolute atomic E-state index is 0.403. The van der Waals surface area contributed by atoms with Crippen LogP contribution in [0.3, 0.4) is 0 Å². The normalized spacial score (nSPS) is 10.6. The molecular weight excluding hydrogens is 438 g/mol. The second-order valence-electron chi connectivity index (χ2n) is 6.13. The first kappa shape index (κ1) is 22.4. The fraction of sp³-hybridized carbons (Fsp3) is 0.286. The Hall–Kier alpha value is -2.87. The number of hydrogen-bond donors (Lipinski definition) is 2. The minimum atomic E-state index is -0.807. The van der Waals surface area contributed by atoms with Gasteiger partial charge >= 0.3 is 11.8 Å². The molecule has 2 aromatic rings. The van der Waals surface area contributed by atoms with E-state index >= 15 is 0 Å². The van der Waals surface area contributed by atoms with Gasteiger partial charge in [0.25, 0.3) is 0 Å². The summed E-state index contributed by atoms with van der Waals surface area (Å²) in [4.78, 5) is 23.2. The molecule has 0 radical (unpaired) electrons. The molecule has 2 amide bonds. The Kier molecular flexibility index (Phi) is 9.17. The summed E-state index contributed by atoms with van der Waals surface area (Å²) in [6.07, 6.45) is 3.18. The Morgan fingerprint density at radius 1 is 1.10 bits per heavy atom. The molecule has 2 aromatic carbocycles. The summed E-state index contributed by atoms with van der Waals surface area (Å²) in [7, 11) is 1.55. The maximum absolute atomic E-state index is 11.7. The molecule has 0 aliphatic heterocycles. The molecule has 0 aliphatic rings. The fourth-order valence-corrected chi connectivity index (χ4v) is 2.56. The predicted octanol–water partition coefficient (Wildman–Crippen LogP) is 3.40. The van der Waals surface area contributed by atoms with Gasteiger partial charge in [-0.15, -0.1) is 0 Å². The zero-order chi connectivity index (χ0) is 21.1. The molecular formula is C21H24BrN3O4. The van der Waals surface area contributed by atoms with Crippen LogP contribution in [0.1, 0.15) is 30.9 Å². The van der Waals surface area contributed by atoms with Gasteiger partial charge in [-0.3, -0.25) is 9.59 Å². The first-order chi connectivity index (χ1) is 14.0. The average molecular weight is 462 g/mol. The highest BCUT2D eigenvalue weighted by atomic mass is 79.9. The molecule has 7 nitrogen and oxygen atoms in total. The Morgan fingerprint density at radius 3 is 2.55 bits per heavy atom. The molecule has 2 rings (SSSR count). The zero-order valence-corrected chi connectivity index (χ0v) is 18.0. The van der Waals surface area contributed by atoms with Gasteiger partial charge in [-0.05, 0) is 47.9 Å². The van der Waals surface area contributed by atoms with Crippen LogP contribution < -0.4 is 20.2 Å². The lowest BCUT2D eigenvalue weighted by Gasteiger charge is -2.11. The van der Waals surface area contributed by atoms with Crippen LogP contribution in [-0.4, -0.2) is 31.7 Å². The van der Waals surface area contributed by atoms with E-state index < -0.39 is 11.8 Å². The second-order valence-corrected chi connectivity index (χ2v) is 7.05. The smallest absolute Gasteiger partial charge is 0.329 e. The maximum Gasteiger partial charge on any atom is 0.329 e. The van der Waals surface area contributed by atoms with Gasteiger partial charge in [-0.25, -0.2) is 5.43 Å². The van der Waals surface area contributed by atoms with Crippen molar-refractivity contribution in [2.75, 3.05) is 13.7 Å².